The van der Waals surface area contributed by atoms with Gasteiger partial charge < -0.3 is 15.2 Å². The zero-order valence-electron chi connectivity index (χ0n) is 16.0. The lowest BCUT2D eigenvalue weighted by molar-refractivity contribution is 0.262. The summed E-state index contributed by atoms with van der Waals surface area (Å²) in [5, 5.41) is 5.73. The van der Waals surface area contributed by atoms with Crippen LogP contribution in [0.1, 0.15) is 11.4 Å². The molecule has 6 heteroatoms. The fraction of sp³-hybridized carbons (Fsp3) is 0.130. The minimum Gasteiger partial charge on any atom is -0.331 e. The van der Waals surface area contributed by atoms with E-state index in [-0.39, 0.29) is 6.03 Å². The van der Waals surface area contributed by atoms with Gasteiger partial charge in [-0.05, 0) is 60.5 Å². The Morgan fingerprint density at radius 3 is 2.48 bits per heavy atom. The normalized spacial score (nSPS) is 10.8. The molecule has 2 N–H and O–H groups in total. The molecule has 1 aromatic heterocycles. The molecule has 0 atom stereocenters. The largest absolute Gasteiger partial charge is 0.331 e. The van der Waals surface area contributed by atoms with Crippen molar-refractivity contribution in [3.8, 4) is 0 Å². The number of carbonyl (C=O) groups is 1. The minimum absolute atomic E-state index is 0.264. The van der Waals surface area contributed by atoms with Gasteiger partial charge in [-0.2, -0.15) is 0 Å². The number of urea groups is 1. The van der Waals surface area contributed by atoms with Crippen LogP contribution in [-0.4, -0.2) is 15.6 Å². The summed E-state index contributed by atoms with van der Waals surface area (Å²) >= 11 is 3.38. The van der Waals surface area contributed by atoms with E-state index in [1.54, 1.807) is 0 Å². The number of benzene rings is 3. The molecule has 0 radical (unpaired) electrons. The highest BCUT2D eigenvalue weighted by atomic mass is 79.9. The summed E-state index contributed by atoms with van der Waals surface area (Å²) in [6, 6.07) is 23.3. The lowest BCUT2D eigenvalue weighted by Gasteiger charge is -2.09. The first-order valence-electron chi connectivity index (χ1n) is 9.41. The average molecular weight is 449 g/mol. The maximum atomic E-state index is 12.3. The van der Waals surface area contributed by atoms with E-state index >= 15 is 0 Å². The van der Waals surface area contributed by atoms with Crippen molar-refractivity contribution in [2.45, 2.75) is 12.8 Å². The molecule has 2 amide bonds. The highest BCUT2D eigenvalue weighted by Crippen LogP contribution is 2.18. The summed E-state index contributed by atoms with van der Waals surface area (Å²) in [6.07, 6.45) is 1.68. The first-order chi connectivity index (χ1) is 14.1. The number of halogens is 1. The summed E-state index contributed by atoms with van der Waals surface area (Å²) in [6.45, 7) is 0. The van der Waals surface area contributed by atoms with Gasteiger partial charge in [-0.1, -0.05) is 40.2 Å². The quantitative estimate of drug-likeness (QED) is 0.407. The number of aromatic nitrogens is 2. The zero-order valence-corrected chi connectivity index (χ0v) is 17.6. The van der Waals surface area contributed by atoms with Crippen LogP contribution in [0.4, 0.5) is 16.2 Å². The predicted octanol–water partition coefficient (Wildman–Crippen LogP) is 5.77. The minimum atomic E-state index is -0.264. The van der Waals surface area contributed by atoms with Crippen LogP contribution in [0.5, 0.6) is 0 Å². The number of nitrogens with one attached hydrogen (secondary N) is 2. The van der Waals surface area contributed by atoms with Crippen LogP contribution in [0.15, 0.2) is 77.3 Å². The molecule has 4 rings (SSSR count). The molecule has 0 saturated heterocycles. The van der Waals surface area contributed by atoms with E-state index in [0.29, 0.717) is 0 Å². The van der Waals surface area contributed by atoms with Crippen molar-refractivity contribution in [2.75, 3.05) is 10.6 Å². The topological polar surface area (TPSA) is 59.0 Å². The predicted molar refractivity (Wildman–Crippen MR) is 121 cm³/mol. The molecule has 0 aliphatic carbocycles. The summed E-state index contributed by atoms with van der Waals surface area (Å²) in [4.78, 5) is 17.0. The Hall–Kier alpha value is -3.12. The van der Waals surface area contributed by atoms with Crippen LogP contribution < -0.4 is 10.6 Å². The Bertz CT molecular complexity index is 1150. The van der Waals surface area contributed by atoms with E-state index in [4.69, 9.17) is 4.98 Å². The van der Waals surface area contributed by atoms with Crippen molar-refractivity contribution < 1.29 is 4.79 Å². The Labute approximate surface area is 177 Å². The van der Waals surface area contributed by atoms with Crippen molar-refractivity contribution in [1.29, 1.82) is 0 Å². The zero-order chi connectivity index (χ0) is 20.2. The number of carbonyl (C=O) groups excluding carboxylic acids is 1. The molecule has 0 spiro atoms. The maximum Gasteiger partial charge on any atom is 0.323 e. The second-order valence-electron chi connectivity index (χ2n) is 6.86. The van der Waals surface area contributed by atoms with Crippen LogP contribution in [-0.2, 0) is 19.9 Å². The Morgan fingerprint density at radius 1 is 0.931 bits per heavy atom. The van der Waals surface area contributed by atoms with Crippen LogP contribution in [0.2, 0.25) is 0 Å². The molecule has 1 heterocycles. The van der Waals surface area contributed by atoms with Crippen LogP contribution in [0.25, 0.3) is 11.0 Å². The monoisotopic (exact) mass is 448 g/mol. The van der Waals surface area contributed by atoms with Gasteiger partial charge in [0, 0.05) is 29.3 Å². The number of hydrogen-bond acceptors (Lipinski definition) is 2. The Morgan fingerprint density at radius 2 is 1.69 bits per heavy atom. The van der Waals surface area contributed by atoms with Gasteiger partial charge in [0.25, 0.3) is 0 Å². The van der Waals surface area contributed by atoms with E-state index in [1.807, 2.05) is 60.7 Å². The first kappa shape index (κ1) is 19.2. The van der Waals surface area contributed by atoms with Crippen molar-refractivity contribution in [3.05, 3.63) is 88.7 Å². The number of rotatable bonds is 5. The number of aryl methyl sites for hydroxylation is 3. The Balaban J connectivity index is 1.39. The highest BCUT2D eigenvalue weighted by Gasteiger charge is 2.08. The molecule has 0 aliphatic rings. The molecule has 4 aromatic rings. The third-order valence-corrected chi connectivity index (χ3v) is 5.33. The summed E-state index contributed by atoms with van der Waals surface area (Å²) in [5.74, 6) is 1.05. The number of anilines is 2. The molecule has 146 valence electrons. The van der Waals surface area contributed by atoms with Gasteiger partial charge in [0.15, 0.2) is 0 Å². The molecule has 0 unspecified atom stereocenters. The third kappa shape index (κ3) is 4.66. The number of nitrogens with zero attached hydrogens (tertiary/aromatic N) is 2. The number of amides is 2. The number of imidazole rings is 1. The van der Waals surface area contributed by atoms with Crippen molar-refractivity contribution in [1.82, 2.24) is 9.55 Å². The SMILES string of the molecule is Cn1c(CCc2cccc(NC(=O)Nc3ccc(Br)cc3)c2)nc2ccccc21. The molecule has 5 nitrogen and oxygen atoms in total. The molecular weight excluding hydrogens is 428 g/mol. The fourth-order valence-corrected chi connectivity index (χ4v) is 3.57. The van der Waals surface area contributed by atoms with E-state index in [1.165, 1.54) is 0 Å². The molecule has 29 heavy (non-hydrogen) atoms. The average Bonchev–Trinajstić information content (AvgIpc) is 3.04. The van der Waals surface area contributed by atoms with Crippen molar-refractivity contribution in [2.24, 2.45) is 7.05 Å². The number of hydrogen-bond donors (Lipinski definition) is 2. The van der Waals surface area contributed by atoms with Gasteiger partial charge in [0.1, 0.15) is 5.82 Å². The second kappa shape index (κ2) is 8.49. The van der Waals surface area contributed by atoms with Gasteiger partial charge >= 0.3 is 6.03 Å². The van der Waals surface area contributed by atoms with Crippen molar-refractivity contribution in [3.63, 3.8) is 0 Å². The smallest absolute Gasteiger partial charge is 0.323 e. The van der Waals surface area contributed by atoms with Crippen LogP contribution in [0.3, 0.4) is 0 Å². The van der Waals surface area contributed by atoms with Gasteiger partial charge in [-0.25, -0.2) is 9.78 Å². The highest BCUT2D eigenvalue weighted by molar-refractivity contribution is 9.10. The summed E-state index contributed by atoms with van der Waals surface area (Å²) in [7, 11) is 2.05. The van der Waals surface area contributed by atoms with Crippen LogP contribution in [0, 0.1) is 0 Å². The van der Waals surface area contributed by atoms with Gasteiger partial charge in [0.2, 0.25) is 0 Å². The fourth-order valence-electron chi connectivity index (χ4n) is 3.31. The molecule has 0 aliphatic heterocycles. The molecule has 0 saturated carbocycles. The lowest BCUT2D eigenvalue weighted by atomic mass is 10.1. The van der Waals surface area contributed by atoms with E-state index in [9.17, 15) is 4.79 Å². The molecular formula is C23H21BrN4O. The van der Waals surface area contributed by atoms with Gasteiger partial charge in [0.05, 0.1) is 11.0 Å². The standard InChI is InChI=1S/C23H21BrN4O/c1-28-21-8-3-2-7-20(21)27-22(28)14-9-16-5-4-6-19(15-16)26-23(29)25-18-12-10-17(24)11-13-18/h2-8,10-13,15H,9,14H2,1H3,(H2,25,26,29). The van der Waals surface area contributed by atoms with E-state index in [0.717, 1.165) is 51.1 Å². The van der Waals surface area contributed by atoms with E-state index < -0.39 is 0 Å². The summed E-state index contributed by atoms with van der Waals surface area (Å²) in [5.41, 5.74) is 4.82. The summed E-state index contributed by atoms with van der Waals surface area (Å²) < 4.78 is 3.11. The van der Waals surface area contributed by atoms with Crippen LogP contribution >= 0.6 is 15.9 Å². The molecule has 3 aromatic carbocycles. The second-order valence-corrected chi connectivity index (χ2v) is 7.78. The van der Waals surface area contributed by atoms with Gasteiger partial charge in [-0.15, -0.1) is 0 Å². The maximum absolute atomic E-state index is 12.3. The van der Waals surface area contributed by atoms with E-state index in [2.05, 4.69) is 50.3 Å². The number of fused-ring (bicyclic) bond motifs is 1. The lowest BCUT2D eigenvalue weighted by Crippen LogP contribution is -2.19. The van der Waals surface area contributed by atoms with Crippen molar-refractivity contribution >= 4 is 44.4 Å². The first-order valence-corrected chi connectivity index (χ1v) is 10.2. The third-order valence-electron chi connectivity index (χ3n) is 4.80. The molecule has 0 fully saturated rings. The Kier molecular flexibility index (Phi) is 5.62. The molecule has 0 bridgehead atoms. The van der Waals surface area contributed by atoms with Gasteiger partial charge in [-0.3, -0.25) is 0 Å². The number of para-hydroxylation sites is 2.